The summed E-state index contributed by atoms with van der Waals surface area (Å²) in [6.45, 7) is 0.513. The lowest BCUT2D eigenvalue weighted by molar-refractivity contribution is -0.137. The smallest absolute Gasteiger partial charge is 0.323 e. The van der Waals surface area contributed by atoms with Crippen LogP contribution in [0.15, 0.2) is 24.3 Å². The molecule has 0 saturated heterocycles. The molecule has 0 radical (unpaired) electrons. The Morgan fingerprint density at radius 1 is 1.38 bits per heavy atom. The SMILES string of the molecule is O=C(O)CN1Cc2ccccc2CNC1=O. The van der Waals surface area contributed by atoms with E-state index in [1.807, 2.05) is 24.3 Å². The van der Waals surface area contributed by atoms with Crippen molar-refractivity contribution >= 4 is 12.0 Å². The molecule has 0 fully saturated rings. The van der Waals surface area contributed by atoms with Crippen molar-refractivity contribution < 1.29 is 14.7 Å². The highest BCUT2D eigenvalue weighted by Gasteiger charge is 2.21. The maximum atomic E-state index is 11.6. The number of nitrogens with zero attached hydrogens (tertiary/aromatic N) is 1. The third kappa shape index (κ3) is 2.13. The molecule has 0 spiro atoms. The second kappa shape index (κ2) is 4.22. The molecule has 0 bridgehead atoms. The van der Waals surface area contributed by atoms with Crippen molar-refractivity contribution in [2.45, 2.75) is 13.1 Å². The quantitative estimate of drug-likeness (QED) is 0.774. The third-order valence-electron chi connectivity index (χ3n) is 2.52. The summed E-state index contributed by atoms with van der Waals surface area (Å²) in [5, 5.41) is 11.4. The van der Waals surface area contributed by atoms with Crippen LogP contribution in [0.2, 0.25) is 0 Å². The highest BCUT2D eigenvalue weighted by Crippen LogP contribution is 2.14. The molecule has 84 valence electrons. The Labute approximate surface area is 92.7 Å². The Hall–Kier alpha value is -2.04. The van der Waals surface area contributed by atoms with E-state index in [9.17, 15) is 9.59 Å². The molecule has 2 rings (SSSR count). The largest absolute Gasteiger partial charge is 0.480 e. The zero-order chi connectivity index (χ0) is 11.5. The molecular formula is C11H12N2O3. The van der Waals surface area contributed by atoms with Gasteiger partial charge in [0.1, 0.15) is 6.54 Å². The van der Waals surface area contributed by atoms with E-state index in [4.69, 9.17) is 5.11 Å². The van der Waals surface area contributed by atoms with Crippen molar-refractivity contribution in [1.82, 2.24) is 10.2 Å². The van der Waals surface area contributed by atoms with Gasteiger partial charge in [0.15, 0.2) is 0 Å². The molecule has 5 nitrogen and oxygen atoms in total. The molecule has 1 aliphatic rings. The van der Waals surface area contributed by atoms with Crippen molar-refractivity contribution in [3.8, 4) is 0 Å². The molecule has 2 amide bonds. The number of hydrogen-bond donors (Lipinski definition) is 2. The van der Waals surface area contributed by atoms with Crippen LogP contribution in [0.5, 0.6) is 0 Å². The average Bonchev–Trinajstić information content (AvgIpc) is 2.39. The molecule has 5 heteroatoms. The van der Waals surface area contributed by atoms with Crippen LogP contribution >= 0.6 is 0 Å². The van der Waals surface area contributed by atoms with Crippen LogP contribution in [0, 0.1) is 0 Å². The van der Waals surface area contributed by atoms with Crippen LogP contribution in [0.4, 0.5) is 4.79 Å². The van der Waals surface area contributed by atoms with E-state index >= 15 is 0 Å². The van der Waals surface area contributed by atoms with Gasteiger partial charge in [0.05, 0.1) is 0 Å². The van der Waals surface area contributed by atoms with Crippen molar-refractivity contribution in [2.75, 3.05) is 6.54 Å². The molecule has 1 aliphatic heterocycles. The fraction of sp³-hybridized carbons (Fsp3) is 0.273. The predicted octanol–water partition coefficient (Wildman–Crippen LogP) is 0.796. The van der Waals surface area contributed by atoms with Crippen molar-refractivity contribution in [2.24, 2.45) is 0 Å². The Kier molecular flexibility index (Phi) is 2.76. The average molecular weight is 220 g/mol. The number of benzene rings is 1. The highest BCUT2D eigenvalue weighted by atomic mass is 16.4. The summed E-state index contributed by atoms with van der Waals surface area (Å²) in [5.41, 5.74) is 2.02. The summed E-state index contributed by atoms with van der Waals surface area (Å²) in [6.07, 6.45) is 0. The first-order chi connectivity index (χ1) is 7.66. The number of carboxylic acids is 1. The fourth-order valence-corrected chi connectivity index (χ4v) is 1.74. The number of carbonyl (C=O) groups is 2. The second-order valence-electron chi connectivity index (χ2n) is 3.68. The zero-order valence-corrected chi connectivity index (χ0v) is 8.64. The lowest BCUT2D eigenvalue weighted by atomic mass is 10.1. The predicted molar refractivity (Wildman–Crippen MR) is 56.7 cm³/mol. The lowest BCUT2D eigenvalue weighted by Gasteiger charge is -2.17. The second-order valence-corrected chi connectivity index (χ2v) is 3.68. The van der Waals surface area contributed by atoms with Crippen LogP contribution in [0.25, 0.3) is 0 Å². The van der Waals surface area contributed by atoms with Crippen LogP contribution < -0.4 is 5.32 Å². The fourth-order valence-electron chi connectivity index (χ4n) is 1.74. The highest BCUT2D eigenvalue weighted by molar-refractivity contribution is 5.80. The van der Waals surface area contributed by atoms with Gasteiger partial charge in [0.25, 0.3) is 0 Å². The summed E-state index contributed by atoms with van der Waals surface area (Å²) >= 11 is 0. The van der Waals surface area contributed by atoms with Gasteiger partial charge < -0.3 is 15.3 Å². The number of fused-ring (bicyclic) bond motifs is 1. The molecule has 2 N–H and O–H groups in total. The van der Waals surface area contributed by atoms with E-state index in [-0.39, 0.29) is 12.6 Å². The maximum Gasteiger partial charge on any atom is 0.323 e. The van der Waals surface area contributed by atoms with Gasteiger partial charge in [-0.15, -0.1) is 0 Å². The summed E-state index contributed by atoms with van der Waals surface area (Å²) in [4.78, 5) is 23.5. The Balaban J connectivity index is 2.24. The molecule has 0 aliphatic carbocycles. The first-order valence-corrected chi connectivity index (χ1v) is 4.98. The minimum Gasteiger partial charge on any atom is -0.480 e. The number of aliphatic carboxylic acids is 1. The van der Waals surface area contributed by atoms with Crippen LogP contribution in [0.1, 0.15) is 11.1 Å². The number of amides is 2. The van der Waals surface area contributed by atoms with Gasteiger partial charge in [-0.25, -0.2) is 4.79 Å². The van der Waals surface area contributed by atoms with Crippen LogP contribution in [-0.2, 0) is 17.9 Å². The molecule has 0 unspecified atom stereocenters. The lowest BCUT2D eigenvalue weighted by Crippen LogP contribution is -2.39. The van der Waals surface area contributed by atoms with Gasteiger partial charge in [-0.05, 0) is 11.1 Å². The number of urea groups is 1. The summed E-state index contributed by atoms with van der Waals surface area (Å²) < 4.78 is 0. The van der Waals surface area contributed by atoms with Crippen molar-refractivity contribution in [1.29, 1.82) is 0 Å². The molecule has 1 aromatic rings. The molecule has 16 heavy (non-hydrogen) atoms. The third-order valence-corrected chi connectivity index (χ3v) is 2.52. The summed E-state index contributed by atoms with van der Waals surface area (Å²) in [6, 6.07) is 7.29. The number of carboxylic acid groups (broad SMARTS) is 1. The minimum absolute atomic E-state index is 0.278. The molecule has 0 saturated carbocycles. The van der Waals surface area contributed by atoms with E-state index in [1.54, 1.807) is 0 Å². The molecule has 0 aromatic heterocycles. The van der Waals surface area contributed by atoms with Gasteiger partial charge in [-0.3, -0.25) is 4.79 Å². The van der Waals surface area contributed by atoms with Crippen molar-refractivity contribution in [3.63, 3.8) is 0 Å². The minimum atomic E-state index is -1.01. The van der Waals surface area contributed by atoms with E-state index in [2.05, 4.69) is 5.32 Å². The normalized spacial score (nSPS) is 15.0. The Morgan fingerprint density at radius 2 is 2.06 bits per heavy atom. The Bertz CT molecular complexity index is 431. The van der Waals surface area contributed by atoms with Crippen LogP contribution in [-0.4, -0.2) is 28.6 Å². The van der Waals surface area contributed by atoms with E-state index in [0.717, 1.165) is 11.1 Å². The van der Waals surface area contributed by atoms with E-state index in [1.165, 1.54) is 4.90 Å². The molecule has 1 heterocycles. The zero-order valence-electron chi connectivity index (χ0n) is 8.64. The topological polar surface area (TPSA) is 69.6 Å². The maximum absolute atomic E-state index is 11.6. The summed E-state index contributed by atoms with van der Waals surface area (Å²) in [5.74, 6) is -1.01. The number of carbonyl (C=O) groups excluding carboxylic acids is 1. The van der Waals surface area contributed by atoms with Crippen LogP contribution in [0.3, 0.4) is 0 Å². The van der Waals surface area contributed by atoms with Gasteiger partial charge >= 0.3 is 12.0 Å². The standard InChI is InChI=1S/C11H12N2O3/c14-10(15)7-13-6-9-4-2-1-3-8(9)5-12-11(13)16/h1-4H,5-7H2,(H,12,16)(H,14,15). The molecule has 0 atom stereocenters. The van der Waals surface area contributed by atoms with E-state index < -0.39 is 5.97 Å². The first kappa shape index (κ1) is 10.5. The Morgan fingerprint density at radius 3 is 2.75 bits per heavy atom. The summed E-state index contributed by atoms with van der Waals surface area (Å²) in [7, 11) is 0. The van der Waals surface area contributed by atoms with Gasteiger partial charge in [-0.2, -0.15) is 0 Å². The van der Waals surface area contributed by atoms with Gasteiger partial charge in [0.2, 0.25) is 0 Å². The molecular weight excluding hydrogens is 208 g/mol. The number of nitrogens with one attached hydrogen (secondary N) is 1. The van der Waals surface area contributed by atoms with Crippen molar-refractivity contribution in [3.05, 3.63) is 35.4 Å². The first-order valence-electron chi connectivity index (χ1n) is 4.98. The van der Waals surface area contributed by atoms with Gasteiger partial charge in [0, 0.05) is 13.1 Å². The molecule has 1 aromatic carbocycles. The number of rotatable bonds is 2. The van der Waals surface area contributed by atoms with E-state index in [0.29, 0.717) is 13.1 Å². The number of hydrogen-bond acceptors (Lipinski definition) is 2. The monoisotopic (exact) mass is 220 g/mol. The van der Waals surface area contributed by atoms with Gasteiger partial charge in [-0.1, -0.05) is 24.3 Å².